The summed E-state index contributed by atoms with van der Waals surface area (Å²) in [6.45, 7) is 10.1. The summed E-state index contributed by atoms with van der Waals surface area (Å²) >= 11 is 0. The van der Waals surface area contributed by atoms with Gasteiger partial charge in [0.25, 0.3) is 0 Å². The zero-order valence-corrected chi connectivity index (χ0v) is 10.5. The molecule has 2 aliphatic rings. The second kappa shape index (κ2) is 3.74. The van der Waals surface area contributed by atoms with Crippen LogP contribution in [0.2, 0.25) is 0 Å². The fourth-order valence-corrected chi connectivity index (χ4v) is 3.08. The van der Waals surface area contributed by atoms with Gasteiger partial charge in [-0.15, -0.1) is 0 Å². The van der Waals surface area contributed by atoms with E-state index in [4.69, 9.17) is 9.47 Å². The molecule has 2 nitrogen and oxygen atoms in total. The minimum Gasteiger partial charge on any atom is -0.350 e. The van der Waals surface area contributed by atoms with Crippen molar-refractivity contribution in [2.45, 2.75) is 65.3 Å². The second-order valence-corrected chi connectivity index (χ2v) is 6.26. The summed E-state index contributed by atoms with van der Waals surface area (Å²) in [5.74, 6) is 0.573. The van der Waals surface area contributed by atoms with Crippen LogP contribution in [0.25, 0.3) is 0 Å². The molecule has 88 valence electrons. The summed E-state index contributed by atoms with van der Waals surface area (Å²) in [5, 5.41) is 0. The maximum absolute atomic E-state index is 6.03. The van der Waals surface area contributed by atoms with Gasteiger partial charge in [0.05, 0.1) is 12.7 Å². The Labute approximate surface area is 93.3 Å². The van der Waals surface area contributed by atoms with E-state index < -0.39 is 0 Å². The Morgan fingerprint density at radius 1 is 1.40 bits per heavy atom. The summed E-state index contributed by atoms with van der Waals surface area (Å²) < 4.78 is 11.7. The van der Waals surface area contributed by atoms with Crippen LogP contribution in [0.1, 0.15) is 53.4 Å². The summed E-state index contributed by atoms with van der Waals surface area (Å²) in [7, 11) is 0. The standard InChI is InChI=1S/C13H24O2/c1-10(2)8-12(3,4)11-9-13(15-11)6-5-7-14-13/h10-11H,5-9H2,1-4H3. The Morgan fingerprint density at radius 3 is 2.53 bits per heavy atom. The molecule has 0 saturated carbocycles. The lowest BCUT2D eigenvalue weighted by Gasteiger charge is -2.51. The molecule has 0 amide bonds. The third kappa shape index (κ3) is 2.21. The third-order valence-electron chi connectivity index (χ3n) is 3.73. The first-order valence-corrected chi connectivity index (χ1v) is 6.25. The maximum Gasteiger partial charge on any atom is 0.171 e. The molecule has 0 aromatic rings. The first-order valence-electron chi connectivity index (χ1n) is 6.25. The summed E-state index contributed by atoms with van der Waals surface area (Å²) in [4.78, 5) is 0. The average Bonchev–Trinajstić information content (AvgIpc) is 2.45. The van der Waals surface area contributed by atoms with Gasteiger partial charge in [0.15, 0.2) is 5.79 Å². The first-order chi connectivity index (χ1) is 6.94. The van der Waals surface area contributed by atoms with E-state index in [-0.39, 0.29) is 5.79 Å². The Kier molecular flexibility index (Phi) is 2.85. The summed E-state index contributed by atoms with van der Waals surface area (Å²) in [6.07, 6.45) is 5.00. The van der Waals surface area contributed by atoms with Gasteiger partial charge >= 0.3 is 0 Å². The fraction of sp³-hybridized carbons (Fsp3) is 1.00. The van der Waals surface area contributed by atoms with E-state index in [0.717, 1.165) is 31.8 Å². The van der Waals surface area contributed by atoms with Crippen molar-refractivity contribution >= 4 is 0 Å². The van der Waals surface area contributed by atoms with Crippen molar-refractivity contribution in [2.75, 3.05) is 6.61 Å². The van der Waals surface area contributed by atoms with E-state index in [2.05, 4.69) is 27.7 Å². The second-order valence-electron chi connectivity index (χ2n) is 6.26. The SMILES string of the molecule is CC(C)CC(C)(C)C1CC2(CCCO2)O1. The largest absolute Gasteiger partial charge is 0.350 e. The van der Waals surface area contributed by atoms with Gasteiger partial charge in [-0.3, -0.25) is 0 Å². The highest BCUT2D eigenvalue weighted by Crippen LogP contribution is 2.49. The van der Waals surface area contributed by atoms with E-state index in [0.29, 0.717) is 11.5 Å². The van der Waals surface area contributed by atoms with Gasteiger partial charge in [0, 0.05) is 12.8 Å². The molecule has 2 fully saturated rings. The molecule has 0 aromatic carbocycles. The number of rotatable bonds is 3. The van der Waals surface area contributed by atoms with Crippen LogP contribution in [0, 0.1) is 11.3 Å². The monoisotopic (exact) mass is 212 g/mol. The van der Waals surface area contributed by atoms with Crippen LogP contribution >= 0.6 is 0 Å². The highest BCUT2D eigenvalue weighted by molar-refractivity contribution is 4.96. The minimum absolute atomic E-state index is 0.168. The van der Waals surface area contributed by atoms with Crippen LogP contribution in [-0.2, 0) is 9.47 Å². The summed E-state index contributed by atoms with van der Waals surface area (Å²) in [5.41, 5.74) is 0.297. The van der Waals surface area contributed by atoms with Crippen LogP contribution in [0.4, 0.5) is 0 Å². The maximum atomic E-state index is 6.03. The number of hydrogen-bond acceptors (Lipinski definition) is 2. The predicted octanol–water partition coefficient (Wildman–Crippen LogP) is 3.35. The lowest BCUT2D eigenvalue weighted by Crippen LogP contribution is -2.56. The molecule has 2 rings (SSSR count). The van der Waals surface area contributed by atoms with E-state index in [9.17, 15) is 0 Å². The topological polar surface area (TPSA) is 18.5 Å². The Bertz CT molecular complexity index is 219. The molecule has 2 saturated heterocycles. The molecule has 0 bridgehead atoms. The predicted molar refractivity (Wildman–Crippen MR) is 60.6 cm³/mol. The zero-order valence-electron chi connectivity index (χ0n) is 10.5. The highest BCUT2D eigenvalue weighted by atomic mass is 16.7. The highest BCUT2D eigenvalue weighted by Gasteiger charge is 2.53. The van der Waals surface area contributed by atoms with Crippen molar-refractivity contribution in [2.24, 2.45) is 11.3 Å². The van der Waals surface area contributed by atoms with Crippen LogP contribution in [0.3, 0.4) is 0 Å². The van der Waals surface area contributed by atoms with Crippen molar-refractivity contribution in [1.82, 2.24) is 0 Å². The summed E-state index contributed by atoms with van der Waals surface area (Å²) in [6, 6.07) is 0. The van der Waals surface area contributed by atoms with Crippen molar-refractivity contribution in [3.63, 3.8) is 0 Å². The molecule has 0 aliphatic carbocycles. The number of ether oxygens (including phenoxy) is 2. The average molecular weight is 212 g/mol. The molecule has 0 radical (unpaired) electrons. The molecular weight excluding hydrogens is 188 g/mol. The van der Waals surface area contributed by atoms with Crippen LogP contribution in [0.15, 0.2) is 0 Å². The van der Waals surface area contributed by atoms with Crippen molar-refractivity contribution in [3.05, 3.63) is 0 Å². The molecule has 0 N–H and O–H groups in total. The van der Waals surface area contributed by atoms with Gasteiger partial charge < -0.3 is 9.47 Å². The molecule has 2 heterocycles. The van der Waals surface area contributed by atoms with Gasteiger partial charge in [0.1, 0.15) is 0 Å². The molecule has 1 spiro atoms. The van der Waals surface area contributed by atoms with Gasteiger partial charge in [-0.25, -0.2) is 0 Å². The van der Waals surface area contributed by atoms with Gasteiger partial charge in [0.2, 0.25) is 0 Å². The van der Waals surface area contributed by atoms with Crippen LogP contribution in [-0.4, -0.2) is 18.5 Å². The lowest BCUT2D eigenvalue weighted by molar-refractivity contribution is -0.345. The van der Waals surface area contributed by atoms with Crippen molar-refractivity contribution < 1.29 is 9.47 Å². The molecular formula is C13H24O2. The lowest BCUT2D eigenvalue weighted by atomic mass is 9.73. The van der Waals surface area contributed by atoms with Gasteiger partial charge in [-0.05, 0) is 24.2 Å². The third-order valence-corrected chi connectivity index (χ3v) is 3.73. The Hall–Kier alpha value is -0.0800. The molecule has 0 aromatic heterocycles. The fourth-order valence-electron chi connectivity index (χ4n) is 3.08. The van der Waals surface area contributed by atoms with E-state index in [1.54, 1.807) is 0 Å². The Balaban J connectivity index is 1.87. The normalized spacial score (nSPS) is 36.2. The first kappa shape index (κ1) is 11.4. The molecule has 2 heteroatoms. The van der Waals surface area contributed by atoms with E-state index in [1.165, 1.54) is 6.42 Å². The zero-order chi connectivity index (χ0) is 11.1. The molecule has 2 unspecified atom stereocenters. The minimum atomic E-state index is -0.168. The Morgan fingerprint density at radius 2 is 2.07 bits per heavy atom. The van der Waals surface area contributed by atoms with Crippen molar-refractivity contribution in [3.8, 4) is 0 Å². The van der Waals surface area contributed by atoms with Crippen LogP contribution < -0.4 is 0 Å². The van der Waals surface area contributed by atoms with E-state index in [1.807, 2.05) is 0 Å². The smallest absolute Gasteiger partial charge is 0.171 e. The van der Waals surface area contributed by atoms with Crippen LogP contribution in [0.5, 0.6) is 0 Å². The van der Waals surface area contributed by atoms with Gasteiger partial charge in [-0.2, -0.15) is 0 Å². The van der Waals surface area contributed by atoms with Crippen molar-refractivity contribution in [1.29, 1.82) is 0 Å². The molecule has 2 atom stereocenters. The van der Waals surface area contributed by atoms with Gasteiger partial charge in [-0.1, -0.05) is 27.7 Å². The quantitative estimate of drug-likeness (QED) is 0.714. The van der Waals surface area contributed by atoms with E-state index >= 15 is 0 Å². The number of hydrogen-bond donors (Lipinski definition) is 0. The molecule has 2 aliphatic heterocycles. The molecule has 15 heavy (non-hydrogen) atoms.